The van der Waals surface area contributed by atoms with E-state index in [1.54, 1.807) is 16.7 Å². The number of pyridine rings is 1. The van der Waals surface area contributed by atoms with Crippen molar-refractivity contribution in [1.29, 1.82) is 0 Å². The maximum atomic E-state index is 12.2. The summed E-state index contributed by atoms with van der Waals surface area (Å²) < 4.78 is 2.43. The predicted molar refractivity (Wildman–Crippen MR) is 86.2 cm³/mol. The predicted octanol–water partition coefficient (Wildman–Crippen LogP) is 1.63. The summed E-state index contributed by atoms with van der Waals surface area (Å²) in [6, 6.07) is 5.87. The number of likely N-dealkylation sites (tertiary alicyclic amines) is 1. The molecule has 0 spiro atoms. The van der Waals surface area contributed by atoms with Gasteiger partial charge < -0.3 is 5.73 Å². The first kappa shape index (κ1) is 14.7. The summed E-state index contributed by atoms with van der Waals surface area (Å²) >= 11 is 3.37. The molecule has 0 amide bonds. The second-order valence-electron chi connectivity index (χ2n) is 5.78. The topological polar surface area (TPSA) is 63.6 Å². The molecule has 6 heteroatoms. The van der Waals surface area contributed by atoms with E-state index in [1.165, 1.54) is 0 Å². The minimum absolute atomic E-state index is 0.0430. The molecular formula is C15H19BrN4O. The van der Waals surface area contributed by atoms with Crippen LogP contribution in [0.5, 0.6) is 0 Å². The molecule has 0 saturated carbocycles. The molecule has 0 aliphatic carbocycles. The van der Waals surface area contributed by atoms with Crippen LogP contribution in [0.4, 0.5) is 0 Å². The lowest BCUT2D eigenvalue weighted by Gasteiger charge is -2.20. The summed E-state index contributed by atoms with van der Waals surface area (Å²) in [5, 5.41) is 0. The highest BCUT2D eigenvalue weighted by molar-refractivity contribution is 9.10. The molecule has 0 aromatic carbocycles. The Morgan fingerprint density at radius 3 is 3.00 bits per heavy atom. The number of hydrogen-bond donors (Lipinski definition) is 1. The van der Waals surface area contributed by atoms with Crippen LogP contribution in [0.15, 0.2) is 33.7 Å². The summed E-state index contributed by atoms with van der Waals surface area (Å²) in [5.74, 6) is 0.553. The average Bonchev–Trinajstić information content (AvgIpc) is 2.80. The van der Waals surface area contributed by atoms with Crippen molar-refractivity contribution in [3.05, 3.63) is 44.9 Å². The zero-order valence-corrected chi connectivity index (χ0v) is 13.6. The number of nitrogens with two attached hydrogens (primary N) is 1. The standard InChI is InChI=1S/C15H19BrN4O/c1-10-4-11(6-17)7-19(10)9-13-5-15(21)20-8-12(16)2-3-14(20)18-13/h2-3,5,8,10-11H,4,6-7,9,17H2,1H3. The van der Waals surface area contributed by atoms with E-state index in [1.807, 2.05) is 12.1 Å². The molecule has 21 heavy (non-hydrogen) atoms. The first-order chi connectivity index (χ1) is 10.1. The molecule has 0 radical (unpaired) electrons. The zero-order valence-electron chi connectivity index (χ0n) is 12.0. The van der Waals surface area contributed by atoms with Gasteiger partial charge in [-0.3, -0.25) is 14.1 Å². The van der Waals surface area contributed by atoms with Gasteiger partial charge in [-0.25, -0.2) is 4.98 Å². The third-order valence-electron chi connectivity index (χ3n) is 4.17. The van der Waals surface area contributed by atoms with Crippen LogP contribution in [0.3, 0.4) is 0 Å². The van der Waals surface area contributed by atoms with Gasteiger partial charge >= 0.3 is 0 Å². The largest absolute Gasteiger partial charge is 0.330 e. The number of rotatable bonds is 3. The number of nitrogens with zero attached hydrogens (tertiary/aromatic N) is 3. The van der Waals surface area contributed by atoms with Gasteiger partial charge in [-0.15, -0.1) is 0 Å². The van der Waals surface area contributed by atoms with Crippen molar-refractivity contribution in [2.24, 2.45) is 11.7 Å². The highest BCUT2D eigenvalue weighted by Gasteiger charge is 2.28. The Morgan fingerprint density at radius 2 is 2.29 bits per heavy atom. The van der Waals surface area contributed by atoms with Crippen LogP contribution in [0.2, 0.25) is 0 Å². The van der Waals surface area contributed by atoms with Gasteiger partial charge in [0.25, 0.3) is 5.56 Å². The minimum atomic E-state index is -0.0430. The highest BCUT2D eigenvalue weighted by Crippen LogP contribution is 2.23. The first-order valence-corrected chi connectivity index (χ1v) is 7.98. The molecule has 5 nitrogen and oxygen atoms in total. The molecule has 1 saturated heterocycles. The summed E-state index contributed by atoms with van der Waals surface area (Å²) in [4.78, 5) is 19.1. The molecule has 0 bridgehead atoms. The van der Waals surface area contributed by atoms with Crippen LogP contribution in [0.1, 0.15) is 19.0 Å². The van der Waals surface area contributed by atoms with Crippen molar-refractivity contribution < 1.29 is 0 Å². The smallest absolute Gasteiger partial charge is 0.258 e. The van der Waals surface area contributed by atoms with Crippen LogP contribution in [0, 0.1) is 5.92 Å². The van der Waals surface area contributed by atoms with Crippen LogP contribution < -0.4 is 11.3 Å². The summed E-state index contributed by atoms with van der Waals surface area (Å²) in [6.45, 7) is 4.63. The molecule has 2 aromatic rings. The second-order valence-corrected chi connectivity index (χ2v) is 6.69. The first-order valence-electron chi connectivity index (χ1n) is 7.19. The van der Waals surface area contributed by atoms with Crippen molar-refractivity contribution in [2.45, 2.75) is 25.9 Å². The number of fused-ring (bicyclic) bond motifs is 1. The Kier molecular flexibility index (Phi) is 4.10. The van der Waals surface area contributed by atoms with E-state index in [9.17, 15) is 4.79 Å². The Bertz CT molecular complexity index is 714. The van der Waals surface area contributed by atoms with E-state index >= 15 is 0 Å². The lowest BCUT2D eigenvalue weighted by atomic mass is 10.1. The molecule has 3 heterocycles. The van der Waals surface area contributed by atoms with E-state index in [-0.39, 0.29) is 5.56 Å². The van der Waals surface area contributed by atoms with Gasteiger partial charge in [0.2, 0.25) is 0 Å². The lowest BCUT2D eigenvalue weighted by molar-refractivity contribution is 0.253. The second kappa shape index (κ2) is 5.87. The maximum Gasteiger partial charge on any atom is 0.258 e. The molecule has 1 fully saturated rings. The SMILES string of the molecule is CC1CC(CN)CN1Cc1cc(=O)n2cc(Br)ccc2n1. The number of halogens is 1. The maximum absolute atomic E-state index is 12.2. The Labute approximate surface area is 131 Å². The molecule has 112 valence electrons. The van der Waals surface area contributed by atoms with Crippen molar-refractivity contribution >= 4 is 21.6 Å². The van der Waals surface area contributed by atoms with E-state index < -0.39 is 0 Å². The summed E-state index contributed by atoms with van der Waals surface area (Å²) in [6.07, 6.45) is 2.87. The van der Waals surface area contributed by atoms with Gasteiger partial charge in [-0.1, -0.05) is 0 Å². The van der Waals surface area contributed by atoms with Gasteiger partial charge in [-0.2, -0.15) is 0 Å². The van der Waals surface area contributed by atoms with Crippen molar-refractivity contribution in [3.8, 4) is 0 Å². The third kappa shape index (κ3) is 3.02. The summed E-state index contributed by atoms with van der Waals surface area (Å²) in [5.41, 5.74) is 7.23. The van der Waals surface area contributed by atoms with Crippen LogP contribution >= 0.6 is 15.9 Å². The van der Waals surface area contributed by atoms with Gasteiger partial charge in [0.1, 0.15) is 5.65 Å². The van der Waals surface area contributed by atoms with Crippen molar-refractivity contribution in [3.63, 3.8) is 0 Å². The van der Waals surface area contributed by atoms with Gasteiger partial charge in [0, 0.05) is 35.9 Å². The summed E-state index contributed by atoms with van der Waals surface area (Å²) in [7, 11) is 0. The fourth-order valence-electron chi connectivity index (χ4n) is 3.02. The van der Waals surface area contributed by atoms with Crippen LogP contribution in [-0.4, -0.2) is 33.4 Å². The van der Waals surface area contributed by atoms with Gasteiger partial charge in [-0.05, 0) is 53.9 Å². The molecule has 3 rings (SSSR count). The molecule has 2 unspecified atom stereocenters. The molecule has 1 aliphatic rings. The lowest BCUT2D eigenvalue weighted by Crippen LogP contribution is -2.29. The number of aromatic nitrogens is 2. The van der Waals surface area contributed by atoms with Gasteiger partial charge in [0.15, 0.2) is 0 Å². The molecule has 2 atom stereocenters. The third-order valence-corrected chi connectivity index (χ3v) is 4.63. The van der Waals surface area contributed by atoms with E-state index in [0.717, 1.165) is 29.7 Å². The van der Waals surface area contributed by atoms with E-state index in [2.05, 4.69) is 32.7 Å². The molecule has 2 aromatic heterocycles. The quantitative estimate of drug-likeness (QED) is 0.913. The van der Waals surface area contributed by atoms with E-state index in [0.29, 0.717) is 24.2 Å². The van der Waals surface area contributed by atoms with Crippen molar-refractivity contribution in [2.75, 3.05) is 13.1 Å². The number of hydrogen-bond acceptors (Lipinski definition) is 4. The van der Waals surface area contributed by atoms with E-state index in [4.69, 9.17) is 5.73 Å². The Hall–Kier alpha value is -1.24. The average molecular weight is 351 g/mol. The monoisotopic (exact) mass is 350 g/mol. The molecular weight excluding hydrogens is 332 g/mol. The fourth-order valence-corrected chi connectivity index (χ4v) is 3.36. The van der Waals surface area contributed by atoms with Crippen LogP contribution in [0.25, 0.3) is 5.65 Å². The molecule has 1 aliphatic heterocycles. The molecule has 2 N–H and O–H groups in total. The van der Waals surface area contributed by atoms with Crippen molar-refractivity contribution in [1.82, 2.24) is 14.3 Å². The Morgan fingerprint density at radius 1 is 1.48 bits per heavy atom. The highest BCUT2D eigenvalue weighted by atomic mass is 79.9. The van der Waals surface area contributed by atoms with Crippen LogP contribution in [-0.2, 0) is 6.54 Å². The minimum Gasteiger partial charge on any atom is -0.330 e. The fraction of sp³-hybridized carbons (Fsp3) is 0.467. The normalized spacial score (nSPS) is 23.0. The zero-order chi connectivity index (χ0) is 15.0. The van der Waals surface area contributed by atoms with Gasteiger partial charge in [0.05, 0.1) is 5.69 Å². The Balaban J connectivity index is 1.88.